The number of carbonyl (C=O) groups is 1. The molecule has 0 N–H and O–H groups in total. The molecule has 5 rings (SSSR count). The molecule has 0 unspecified atom stereocenters. The van der Waals surface area contributed by atoms with Crippen molar-refractivity contribution in [2.45, 2.75) is 45.3 Å². The number of ether oxygens (including phenoxy) is 1. The van der Waals surface area contributed by atoms with Crippen LogP contribution < -0.4 is 4.74 Å². The monoisotopic (exact) mass is 617 g/mol. The molecule has 3 aromatic carbocycles. The maximum atomic E-state index is 12.7. The highest BCUT2D eigenvalue weighted by molar-refractivity contribution is 6.35. The molecular weight excluding hydrogens is 586 g/mol. The van der Waals surface area contributed by atoms with Gasteiger partial charge in [-0.25, -0.2) is 0 Å². The second-order valence-corrected chi connectivity index (χ2v) is 11.4. The molecule has 1 aliphatic heterocycles. The minimum absolute atomic E-state index is 0.250. The number of hydrogen-bond acceptors (Lipinski definition) is 4. The van der Waals surface area contributed by atoms with Gasteiger partial charge in [-0.2, -0.15) is 0 Å². The number of aldehydes is 1. The molecule has 0 atom stereocenters. The van der Waals surface area contributed by atoms with Crippen LogP contribution in [0.15, 0.2) is 66.9 Å². The van der Waals surface area contributed by atoms with Crippen LogP contribution >= 0.6 is 23.2 Å². The summed E-state index contributed by atoms with van der Waals surface area (Å²) in [5.74, 6) is -0.250. The molecule has 222 valence electrons. The minimum Gasteiger partial charge on any atom is -0.406 e. The van der Waals surface area contributed by atoms with Crippen molar-refractivity contribution in [2.24, 2.45) is 0 Å². The van der Waals surface area contributed by atoms with Crippen LogP contribution in [0.4, 0.5) is 13.2 Å². The zero-order valence-electron chi connectivity index (χ0n) is 23.0. The molecule has 0 saturated carbocycles. The Bertz CT molecular complexity index is 1490. The molecule has 0 aliphatic carbocycles. The van der Waals surface area contributed by atoms with Gasteiger partial charge < -0.3 is 14.1 Å². The zero-order chi connectivity index (χ0) is 29.7. The van der Waals surface area contributed by atoms with Crippen LogP contribution in [0.3, 0.4) is 0 Å². The van der Waals surface area contributed by atoms with Crippen LogP contribution in [-0.2, 0) is 24.4 Å². The highest BCUT2D eigenvalue weighted by Crippen LogP contribution is 2.34. The third-order valence-corrected chi connectivity index (χ3v) is 8.34. The molecule has 5 nitrogen and oxygen atoms in total. The Morgan fingerprint density at radius 2 is 1.52 bits per heavy atom. The normalized spacial score (nSPS) is 14.9. The van der Waals surface area contributed by atoms with Crippen LogP contribution in [0.25, 0.3) is 22.0 Å². The first-order valence-electron chi connectivity index (χ1n) is 14.0. The fourth-order valence-electron chi connectivity index (χ4n) is 5.47. The number of alkyl halides is 3. The number of carbonyl (C=O) groups excluding carboxylic acids is 1. The lowest BCUT2D eigenvalue weighted by atomic mass is 10.0. The fraction of sp³-hybridized carbons (Fsp3) is 0.344. The van der Waals surface area contributed by atoms with E-state index in [1.807, 2.05) is 24.4 Å². The topological polar surface area (TPSA) is 37.7 Å². The van der Waals surface area contributed by atoms with Crippen molar-refractivity contribution in [3.63, 3.8) is 0 Å². The van der Waals surface area contributed by atoms with Crippen molar-refractivity contribution in [3.05, 3.63) is 88.0 Å². The van der Waals surface area contributed by atoms with E-state index in [-0.39, 0.29) is 5.75 Å². The highest BCUT2D eigenvalue weighted by atomic mass is 35.5. The quantitative estimate of drug-likeness (QED) is 0.126. The van der Waals surface area contributed by atoms with Crippen molar-refractivity contribution in [1.29, 1.82) is 0 Å². The summed E-state index contributed by atoms with van der Waals surface area (Å²) in [7, 11) is 0. The van der Waals surface area contributed by atoms with E-state index in [4.69, 9.17) is 23.2 Å². The SMILES string of the molecule is O=CCCCCn1cc(-c2ccc(OC(F)(F)F)cc2)c2cc(CN3CCN(Cc4c(Cl)cccc4Cl)CC3)ccc21. The lowest BCUT2D eigenvalue weighted by Gasteiger charge is -2.35. The summed E-state index contributed by atoms with van der Waals surface area (Å²) in [6.07, 6.45) is 0.423. The molecule has 10 heteroatoms. The van der Waals surface area contributed by atoms with Gasteiger partial charge in [0.1, 0.15) is 12.0 Å². The Morgan fingerprint density at radius 1 is 0.857 bits per heavy atom. The van der Waals surface area contributed by atoms with Gasteiger partial charge in [0.15, 0.2) is 0 Å². The number of unbranched alkanes of at least 4 members (excludes halogenated alkanes) is 2. The molecule has 1 aliphatic rings. The second-order valence-electron chi connectivity index (χ2n) is 10.6. The number of rotatable bonds is 11. The van der Waals surface area contributed by atoms with E-state index in [1.165, 1.54) is 17.7 Å². The van der Waals surface area contributed by atoms with Gasteiger partial charge in [-0.3, -0.25) is 9.80 Å². The maximum Gasteiger partial charge on any atom is 0.573 e. The molecule has 0 bridgehead atoms. The van der Waals surface area contributed by atoms with Gasteiger partial charge in [0.05, 0.1) is 0 Å². The smallest absolute Gasteiger partial charge is 0.406 e. The van der Waals surface area contributed by atoms with Gasteiger partial charge in [0.25, 0.3) is 0 Å². The molecule has 42 heavy (non-hydrogen) atoms. The summed E-state index contributed by atoms with van der Waals surface area (Å²) in [4.78, 5) is 15.5. The van der Waals surface area contributed by atoms with Crippen LogP contribution in [0.5, 0.6) is 5.75 Å². The minimum atomic E-state index is -4.74. The van der Waals surface area contributed by atoms with Crippen LogP contribution in [0.2, 0.25) is 10.0 Å². The lowest BCUT2D eigenvalue weighted by molar-refractivity contribution is -0.274. The van der Waals surface area contributed by atoms with Gasteiger partial charge in [0, 0.05) is 90.5 Å². The Hall–Kier alpha value is -3.04. The molecule has 1 fully saturated rings. The average molecular weight is 619 g/mol. The first-order valence-corrected chi connectivity index (χ1v) is 14.7. The lowest BCUT2D eigenvalue weighted by Crippen LogP contribution is -2.45. The van der Waals surface area contributed by atoms with Crippen LogP contribution in [0, 0.1) is 0 Å². The number of nitrogens with zero attached hydrogens (tertiary/aromatic N) is 3. The number of hydrogen-bond donors (Lipinski definition) is 0. The molecule has 0 amide bonds. The fourth-order valence-corrected chi connectivity index (χ4v) is 5.99. The summed E-state index contributed by atoms with van der Waals surface area (Å²) >= 11 is 12.8. The Balaban J connectivity index is 1.32. The largest absolute Gasteiger partial charge is 0.573 e. The van der Waals surface area contributed by atoms with Crippen molar-refractivity contribution in [2.75, 3.05) is 26.2 Å². The number of piperazine rings is 1. The first kappa shape index (κ1) is 30.4. The van der Waals surface area contributed by atoms with Crippen molar-refractivity contribution in [1.82, 2.24) is 14.4 Å². The number of aromatic nitrogens is 1. The molecular formula is C32H32Cl2F3N3O2. The van der Waals surface area contributed by atoms with Gasteiger partial charge in [-0.1, -0.05) is 47.5 Å². The standard InChI is InChI=1S/C32H32Cl2F3N3O2/c33-29-5-4-6-30(34)28(29)21-39-16-14-38(15-17-39)20-23-7-12-31-26(19-23)27(22-40(31)13-2-1-3-18-41)24-8-10-25(11-9-24)42-32(35,36)37/h4-12,18-19,22H,1-3,13-17,20-21H2. The molecule has 2 heterocycles. The van der Waals surface area contributed by atoms with E-state index in [0.29, 0.717) is 16.5 Å². The molecule has 4 aromatic rings. The molecule has 0 radical (unpaired) electrons. The first-order chi connectivity index (χ1) is 20.2. The predicted molar refractivity (Wildman–Crippen MR) is 161 cm³/mol. The van der Waals surface area contributed by atoms with Gasteiger partial charge in [-0.15, -0.1) is 13.2 Å². The predicted octanol–water partition coefficient (Wildman–Crippen LogP) is 8.20. The van der Waals surface area contributed by atoms with E-state index in [1.54, 1.807) is 12.1 Å². The number of aryl methyl sites for hydroxylation is 1. The third kappa shape index (κ3) is 7.67. The van der Waals surface area contributed by atoms with E-state index in [9.17, 15) is 18.0 Å². The summed E-state index contributed by atoms with van der Waals surface area (Å²) in [6.45, 7) is 5.87. The molecule has 1 aromatic heterocycles. The van der Waals surface area contributed by atoms with Gasteiger partial charge >= 0.3 is 6.36 Å². The van der Waals surface area contributed by atoms with Crippen LogP contribution in [-0.4, -0.2) is 53.2 Å². The Kier molecular flexibility index (Phi) is 9.78. The van der Waals surface area contributed by atoms with E-state index >= 15 is 0 Å². The molecule has 1 saturated heterocycles. The van der Waals surface area contributed by atoms with Crippen molar-refractivity contribution in [3.8, 4) is 16.9 Å². The summed E-state index contributed by atoms with van der Waals surface area (Å²) in [6, 6.07) is 18.0. The maximum absolute atomic E-state index is 12.7. The summed E-state index contributed by atoms with van der Waals surface area (Å²) in [5.41, 5.74) is 4.94. The zero-order valence-corrected chi connectivity index (χ0v) is 24.6. The average Bonchev–Trinajstić information content (AvgIpc) is 3.31. The molecule has 0 spiro atoms. The Morgan fingerprint density at radius 3 is 2.17 bits per heavy atom. The number of benzene rings is 3. The van der Waals surface area contributed by atoms with E-state index < -0.39 is 6.36 Å². The highest BCUT2D eigenvalue weighted by Gasteiger charge is 2.31. The van der Waals surface area contributed by atoms with Gasteiger partial charge in [0.2, 0.25) is 0 Å². The summed E-state index contributed by atoms with van der Waals surface area (Å²) in [5, 5.41) is 2.42. The number of fused-ring (bicyclic) bond motifs is 1. The number of halogens is 5. The van der Waals surface area contributed by atoms with Crippen molar-refractivity contribution < 1.29 is 22.7 Å². The van der Waals surface area contributed by atoms with E-state index in [2.05, 4.69) is 37.3 Å². The van der Waals surface area contributed by atoms with Crippen molar-refractivity contribution >= 4 is 40.4 Å². The third-order valence-electron chi connectivity index (χ3n) is 7.63. The van der Waals surface area contributed by atoms with Gasteiger partial charge in [-0.05, 0) is 60.4 Å². The Labute approximate surface area is 253 Å². The van der Waals surface area contributed by atoms with E-state index in [0.717, 1.165) is 92.5 Å². The summed E-state index contributed by atoms with van der Waals surface area (Å²) < 4.78 is 44.2. The second kappa shape index (κ2) is 13.5. The van der Waals surface area contributed by atoms with Crippen LogP contribution in [0.1, 0.15) is 30.4 Å².